The number of benzene rings is 1. The van der Waals surface area contributed by atoms with Gasteiger partial charge >= 0.3 is 0 Å². The summed E-state index contributed by atoms with van der Waals surface area (Å²) in [6, 6.07) is 5.48. The summed E-state index contributed by atoms with van der Waals surface area (Å²) in [7, 11) is 0. The standard InChI is InChI=1S/C12H11ClO/c1-10-5-6-11(9-14)8-12(10)4-2-3-7-13/h5-6,8-9H,3,7H2,1H3. The van der Waals surface area contributed by atoms with Gasteiger partial charge in [0.1, 0.15) is 6.29 Å². The number of halogens is 1. The smallest absolute Gasteiger partial charge is 0.150 e. The molecule has 0 bridgehead atoms. The molecule has 72 valence electrons. The summed E-state index contributed by atoms with van der Waals surface area (Å²) in [5.74, 6) is 6.48. The molecule has 0 aliphatic heterocycles. The number of hydrogen-bond donors (Lipinski definition) is 0. The van der Waals surface area contributed by atoms with Crippen LogP contribution in [-0.4, -0.2) is 12.2 Å². The van der Waals surface area contributed by atoms with Gasteiger partial charge in [0.05, 0.1) is 0 Å². The molecule has 0 radical (unpaired) electrons. The van der Waals surface area contributed by atoms with Gasteiger partial charge in [-0.25, -0.2) is 0 Å². The molecule has 0 saturated heterocycles. The number of alkyl halides is 1. The summed E-state index contributed by atoms with van der Waals surface area (Å²) in [5.41, 5.74) is 2.64. The van der Waals surface area contributed by atoms with Crippen molar-refractivity contribution in [1.29, 1.82) is 0 Å². The Kier molecular flexibility index (Phi) is 4.22. The molecule has 14 heavy (non-hydrogen) atoms. The van der Waals surface area contributed by atoms with Crippen molar-refractivity contribution in [3.05, 3.63) is 34.9 Å². The highest BCUT2D eigenvalue weighted by molar-refractivity contribution is 6.18. The van der Waals surface area contributed by atoms with Crippen LogP contribution >= 0.6 is 11.6 Å². The fraction of sp³-hybridized carbons (Fsp3) is 0.250. The van der Waals surface area contributed by atoms with Crippen molar-refractivity contribution in [3.8, 4) is 11.8 Å². The molecule has 0 amide bonds. The Hall–Kier alpha value is -1.26. The molecule has 0 aliphatic rings. The zero-order chi connectivity index (χ0) is 10.4. The minimum atomic E-state index is 0.541. The van der Waals surface area contributed by atoms with E-state index in [4.69, 9.17) is 11.6 Å². The van der Waals surface area contributed by atoms with Crippen molar-refractivity contribution in [3.63, 3.8) is 0 Å². The average Bonchev–Trinajstić information content (AvgIpc) is 2.21. The topological polar surface area (TPSA) is 17.1 Å². The second kappa shape index (κ2) is 5.47. The third kappa shape index (κ3) is 2.90. The van der Waals surface area contributed by atoms with Crippen LogP contribution in [0.25, 0.3) is 0 Å². The van der Waals surface area contributed by atoms with E-state index >= 15 is 0 Å². The van der Waals surface area contributed by atoms with E-state index in [1.807, 2.05) is 13.0 Å². The van der Waals surface area contributed by atoms with Crippen LogP contribution in [-0.2, 0) is 0 Å². The van der Waals surface area contributed by atoms with E-state index in [9.17, 15) is 4.79 Å². The molecule has 0 atom stereocenters. The maximum atomic E-state index is 10.5. The lowest BCUT2D eigenvalue weighted by Gasteiger charge is -1.97. The minimum absolute atomic E-state index is 0.541. The molecule has 0 unspecified atom stereocenters. The highest BCUT2D eigenvalue weighted by Gasteiger charge is 1.96. The van der Waals surface area contributed by atoms with Gasteiger partial charge in [-0.3, -0.25) is 4.79 Å². The van der Waals surface area contributed by atoms with E-state index < -0.39 is 0 Å². The first-order chi connectivity index (χ1) is 6.77. The van der Waals surface area contributed by atoms with Gasteiger partial charge in [-0.05, 0) is 18.6 Å². The average molecular weight is 207 g/mol. The van der Waals surface area contributed by atoms with Crippen molar-refractivity contribution < 1.29 is 4.79 Å². The fourth-order valence-corrected chi connectivity index (χ4v) is 1.15. The lowest BCUT2D eigenvalue weighted by Crippen LogP contribution is -1.86. The van der Waals surface area contributed by atoms with Crippen LogP contribution in [0.15, 0.2) is 18.2 Å². The third-order valence-corrected chi connectivity index (χ3v) is 2.03. The summed E-state index contributed by atoms with van der Waals surface area (Å²) in [6.45, 7) is 1.97. The van der Waals surface area contributed by atoms with Gasteiger partial charge in [-0.2, -0.15) is 0 Å². The number of aldehydes is 1. The Morgan fingerprint density at radius 3 is 2.93 bits per heavy atom. The Morgan fingerprint density at radius 2 is 2.29 bits per heavy atom. The van der Waals surface area contributed by atoms with Crippen molar-refractivity contribution in [1.82, 2.24) is 0 Å². The zero-order valence-corrected chi connectivity index (χ0v) is 8.77. The van der Waals surface area contributed by atoms with Crippen molar-refractivity contribution >= 4 is 17.9 Å². The van der Waals surface area contributed by atoms with Gasteiger partial charge in [-0.1, -0.05) is 24.0 Å². The van der Waals surface area contributed by atoms with Gasteiger partial charge < -0.3 is 0 Å². The molecule has 0 aromatic heterocycles. The number of aryl methyl sites for hydroxylation is 1. The van der Waals surface area contributed by atoms with E-state index in [2.05, 4.69) is 11.8 Å². The van der Waals surface area contributed by atoms with Crippen LogP contribution in [0, 0.1) is 18.8 Å². The molecule has 0 spiro atoms. The van der Waals surface area contributed by atoms with Gasteiger partial charge in [0.25, 0.3) is 0 Å². The Morgan fingerprint density at radius 1 is 1.50 bits per heavy atom. The predicted octanol–water partition coefficient (Wildman–Crippen LogP) is 2.79. The first-order valence-corrected chi connectivity index (χ1v) is 4.92. The summed E-state index contributed by atoms with van der Waals surface area (Å²) in [4.78, 5) is 10.5. The number of rotatable bonds is 2. The van der Waals surface area contributed by atoms with Gasteiger partial charge in [0, 0.05) is 23.4 Å². The summed E-state index contributed by atoms with van der Waals surface area (Å²) >= 11 is 5.51. The highest BCUT2D eigenvalue weighted by atomic mass is 35.5. The molecule has 1 rings (SSSR count). The van der Waals surface area contributed by atoms with E-state index in [0.29, 0.717) is 17.9 Å². The number of carbonyl (C=O) groups is 1. The molecule has 0 heterocycles. The van der Waals surface area contributed by atoms with Gasteiger partial charge in [0.2, 0.25) is 0 Å². The summed E-state index contributed by atoms with van der Waals surface area (Å²) in [5, 5.41) is 0. The molecule has 2 heteroatoms. The normalized spacial score (nSPS) is 9.00. The molecule has 0 saturated carbocycles. The third-order valence-electron chi connectivity index (χ3n) is 1.84. The van der Waals surface area contributed by atoms with E-state index in [1.54, 1.807) is 12.1 Å². The van der Waals surface area contributed by atoms with Crippen molar-refractivity contribution in [2.45, 2.75) is 13.3 Å². The van der Waals surface area contributed by atoms with Crippen molar-refractivity contribution in [2.24, 2.45) is 0 Å². The number of carbonyl (C=O) groups excluding carboxylic acids is 1. The lowest BCUT2D eigenvalue weighted by atomic mass is 10.1. The summed E-state index contributed by atoms with van der Waals surface area (Å²) < 4.78 is 0. The molecule has 0 fully saturated rings. The first kappa shape index (κ1) is 10.8. The predicted molar refractivity (Wildman–Crippen MR) is 58.8 cm³/mol. The second-order valence-corrected chi connectivity index (χ2v) is 3.31. The van der Waals surface area contributed by atoms with Crippen LogP contribution in [0.4, 0.5) is 0 Å². The monoisotopic (exact) mass is 206 g/mol. The van der Waals surface area contributed by atoms with Crippen LogP contribution < -0.4 is 0 Å². The maximum absolute atomic E-state index is 10.5. The van der Waals surface area contributed by atoms with Crippen LogP contribution in [0.5, 0.6) is 0 Å². The van der Waals surface area contributed by atoms with Crippen LogP contribution in [0.1, 0.15) is 27.9 Å². The minimum Gasteiger partial charge on any atom is -0.298 e. The summed E-state index contributed by atoms with van der Waals surface area (Å²) in [6.07, 6.45) is 1.50. The van der Waals surface area contributed by atoms with Crippen LogP contribution in [0.2, 0.25) is 0 Å². The molecule has 0 N–H and O–H groups in total. The van der Waals surface area contributed by atoms with Crippen molar-refractivity contribution in [2.75, 3.05) is 5.88 Å². The van der Waals surface area contributed by atoms with E-state index in [1.165, 1.54) is 0 Å². The Balaban J connectivity index is 2.96. The molecule has 1 aromatic carbocycles. The molecule has 1 nitrogen and oxygen atoms in total. The van der Waals surface area contributed by atoms with Gasteiger partial charge in [0.15, 0.2) is 0 Å². The van der Waals surface area contributed by atoms with E-state index in [0.717, 1.165) is 17.4 Å². The van der Waals surface area contributed by atoms with E-state index in [-0.39, 0.29) is 0 Å². The highest BCUT2D eigenvalue weighted by Crippen LogP contribution is 2.08. The molecular formula is C12H11ClO. The zero-order valence-electron chi connectivity index (χ0n) is 8.01. The molecule has 0 aliphatic carbocycles. The maximum Gasteiger partial charge on any atom is 0.150 e. The molecule has 1 aromatic rings. The second-order valence-electron chi connectivity index (χ2n) is 2.93. The first-order valence-electron chi connectivity index (χ1n) is 4.38. The quantitative estimate of drug-likeness (QED) is 0.413. The van der Waals surface area contributed by atoms with Gasteiger partial charge in [-0.15, -0.1) is 11.6 Å². The number of hydrogen-bond acceptors (Lipinski definition) is 1. The fourth-order valence-electron chi connectivity index (χ4n) is 1.05. The Bertz CT molecular complexity index is 385. The lowest BCUT2D eigenvalue weighted by molar-refractivity contribution is 0.112. The Labute approximate surface area is 89.1 Å². The van der Waals surface area contributed by atoms with Crippen LogP contribution in [0.3, 0.4) is 0 Å². The SMILES string of the molecule is Cc1ccc(C=O)cc1C#CCCCl. The largest absolute Gasteiger partial charge is 0.298 e. The molecular weight excluding hydrogens is 196 g/mol.